The quantitative estimate of drug-likeness (QED) is 0.393. The molecule has 5 rings (SSSR count). The number of nitrogens with zero attached hydrogens (tertiary/aromatic N) is 3. The number of aromatic nitrogens is 1. The zero-order chi connectivity index (χ0) is 24.4. The third-order valence-corrected chi connectivity index (χ3v) is 7.83. The minimum absolute atomic E-state index is 0.0207. The van der Waals surface area contributed by atoms with Crippen molar-refractivity contribution in [2.45, 2.75) is 44.8 Å². The van der Waals surface area contributed by atoms with Crippen molar-refractivity contribution >= 4 is 28.3 Å². The first-order chi connectivity index (χ1) is 17.0. The molecule has 2 aromatic carbocycles. The highest BCUT2D eigenvalue weighted by atomic mass is 35.5. The third-order valence-electron chi connectivity index (χ3n) is 7.58. The van der Waals surface area contributed by atoms with Crippen LogP contribution in [0.4, 0.5) is 4.39 Å². The van der Waals surface area contributed by atoms with Gasteiger partial charge in [-0.2, -0.15) is 0 Å². The van der Waals surface area contributed by atoms with Crippen LogP contribution in [0.3, 0.4) is 0 Å². The Bertz CT molecular complexity index is 1180. The normalized spacial score (nSPS) is 18.3. The number of hydrogen-bond donors (Lipinski definition) is 0. The summed E-state index contributed by atoms with van der Waals surface area (Å²) in [6.07, 6.45) is 6.15. The second-order valence-corrected chi connectivity index (χ2v) is 10.2. The number of piperidine rings is 2. The second kappa shape index (κ2) is 10.7. The van der Waals surface area contributed by atoms with Crippen LogP contribution < -0.4 is 4.74 Å². The zero-order valence-corrected chi connectivity index (χ0v) is 21.1. The summed E-state index contributed by atoms with van der Waals surface area (Å²) in [5.74, 6) is 0.348. The largest absolute Gasteiger partial charge is 0.487 e. The van der Waals surface area contributed by atoms with Gasteiger partial charge in [-0.05, 0) is 81.2 Å². The number of rotatable bonds is 7. The van der Waals surface area contributed by atoms with Gasteiger partial charge in [0.15, 0.2) is 5.78 Å². The van der Waals surface area contributed by atoms with E-state index in [0.29, 0.717) is 34.3 Å². The molecule has 186 valence electrons. The van der Waals surface area contributed by atoms with E-state index in [1.54, 1.807) is 30.3 Å². The zero-order valence-electron chi connectivity index (χ0n) is 20.3. The number of Topliss-reactive ketones (excluding diaryl/α,β-unsaturated/α-hetero) is 1. The highest BCUT2D eigenvalue weighted by molar-refractivity contribution is 6.30. The summed E-state index contributed by atoms with van der Waals surface area (Å²) in [6, 6.07) is 12.4. The molecule has 0 unspecified atom stereocenters. The van der Waals surface area contributed by atoms with Crippen molar-refractivity contribution < 1.29 is 13.9 Å². The maximum atomic E-state index is 14.2. The van der Waals surface area contributed by atoms with Crippen molar-refractivity contribution in [2.24, 2.45) is 7.05 Å². The first-order valence-corrected chi connectivity index (χ1v) is 13.0. The first kappa shape index (κ1) is 24.3. The lowest BCUT2D eigenvalue weighted by Crippen LogP contribution is -2.47. The number of carbonyl (C=O) groups is 1. The molecule has 3 heterocycles. The Kier molecular flexibility index (Phi) is 7.42. The molecule has 0 spiro atoms. The maximum absolute atomic E-state index is 14.2. The van der Waals surface area contributed by atoms with Gasteiger partial charge in [0.1, 0.15) is 18.2 Å². The summed E-state index contributed by atoms with van der Waals surface area (Å²) in [6.45, 7) is 4.82. The summed E-state index contributed by atoms with van der Waals surface area (Å²) >= 11 is 5.99. The summed E-state index contributed by atoms with van der Waals surface area (Å²) in [5, 5.41) is 1.28. The SMILES string of the molecule is Cn1c(COc2ccc(Cl)cc2)c(C(=O)CN2CCC(N3CCCCC3)CC2)c2cc(F)ccc21. The third kappa shape index (κ3) is 5.40. The average Bonchev–Trinajstić information content (AvgIpc) is 3.15. The number of aryl methyl sites for hydroxylation is 1. The predicted molar refractivity (Wildman–Crippen MR) is 138 cm³/mol. The van der Waals surface area contributed by atoms with Crippen LogP contribution in [0.5, 0.6) is 5.75 Å². The smallest absolute Gasteiger partial charge is 0.179 e. The van der Waals surface area contributed by atoms with E-state index >= 15 is 0 Å². The van der Waals surface area contributed by atoms with Crippen LogP contribution in [0, 0.1) is 5.82 Å². The molecule has 35 heavy (non-hydrogen) atoms. The lowest BCUT2D eigenvalue weighted by molar-refractivity contribution is 0.0774. The van der Waals surface area contributed by atoms with E-state index in [0.717, 1.165) is 37.1 Å². The predicted octanol–water partition coefficient (Wildman–Crippen LogP) is 5.68. The Morgan fingerprint density at radius 3 is 2.46 bits per heavy atom. The fourth-order valence-electron chi connectivity index (χ4n) is 5.64. The number of hydrogen-bond acceptors (Lipinski definition) is 4. The lowest BCUT2D eigenvalue weighted by Gasteiger charge is -2.40. The Hall–Kier alpha value is -2.41. The molecule has 2 saturated heterocycles. The number of fused-ring (bicyclic) bond motifs is 1. The van der Waals surface area contributed by atoms with Gasteiger partial charge < -0.3 is 14.2 Å². The van der Waals surface area contributed by atoms with Gasteiger partial charge in [0.05, 0.1) is 17.8 Å². The van der Waals surface area contributed by atoms with Crippen molar-refractivity contribution in [2.75, 3.05) is 32.7 Å². The molecule has 0 amide bonds. The van der Waals surface area contributed by atoms with Crippen LogP contribution in [-0.2, 0) is 13.7 Å². The van der Waals surface area contributed by atoms with Crippen LogP contribution in [0.1, 0.15) is 48.2 Å². The van der Waals surface area contributed by atoms with Gasteiger partial charge in [-0.25, -0.2) is 4.39 Å². The van der Waals surface area contributed by atoms with Crippen molar-refractivity contribution in [3.63, 3.8) is 0 Å². The standard InChI is InChI=1S/C28H33ClFN3O2/c1-31-25-10-7-21(30)17-24(25)28(26(31)19-35-23-8-5-20(29)6-9-23)27(34)18-32-15-11-22(12-16-32)33-13-3-2-4-14-33/h5-10,17,22H,2-4,11-16,18-19H2,1H3. The molecule has 3 aromatic rings. The van der Waals surface area contributed by atoms with Crippen LogP contribution >= 0.6 is 11.6 Å². The fraction of sp³-hybridized carbons (Fsp3) is 0.464. The van der Waals surface area contributed by atoms with Gasteiger partial charge in [0.25, 0.3) is 0 Å². The lowest BCUT2D eigenvalue weighted by atomic mass is 9.99. The Labute approximate surface area is 211 Å². The number of benzene rings is 2. The average molecular weight is 498 g/mol. The van der Waals surface area contributed by atoms with E-state index in [9.17, 15) is 9.18 Å². The molecule has 2 fully saturated rings. The summed E-state index contributed by atoms with van der Waals surface area (Å²) in [5.41, 5.74) is 2.15. The van der Waals surface area contributed by atoms with Gasteiger partial charge in [-0.15, -0.1) is 0 Å². The molecule has 0 aliphatic carbocycles. The van der Waals surface area contributed by atoms with Gasteiger partial charge in [-0.3, -0.25) is 9.69 Å². The Morgan fingerprint density at radius 1 is 1.03 bits per heavy atom. The molecule has 1 aromatic heterocycles. The summed E-state index contributed by atoms with van der Waals surface area (Å²) in [4.78, 5) is 18.5. The van der Waals surface area contributed by atoms with Gasteiger partial charge in [0, 0.05) is 42.1 Å². The monoisotopic (exact) mass is 497 g/mol. The highest BCUT2D eigenvalue weighted by Gasteiger charge is 2.28. The van der Waals surface area contributed by atoms with Crippen molar-refractivity contribution in [3.8, 4) is 5.75 Å². The molecule has 2 aliphatic heterocycles. The van der Waals surface area contributed by atoms with E-state index < -0.39 is 0 Å². The van der Waals surface area contributed by atoms with Crippen LogP contribution in [0.2, 0.25) is 5.02 Å². The second-order valence-electron chi connectivity index (χ2n) is 9.81. The molecule has 0 bridgehead atoms. The molecule has 0 atom stereocenters. The summed E-state index contributed by atoms with van der Waals surface area (Å²) < 4.78 is 22.2. The minimum atomic E-state index is -0.343. The van der Waals surface area contributed by atoms with E-state index in [4.69, 9.17) is 16.3 Å². The van der Waals surface area contributed by atoms with Gasteiger partial charge >= 0.3 is 0 Å². The molecule has 0 radical (unpaired) electrons. The van der Waals surface area contributed by atoms with E-state index in [-0.39, 0.29) is 18.2 Å². The fourth-order valence-corrected chi connectivity index (χ4v) is 5.77. The van der Waals surface area contributed by atoms with Crippen molar-refractivity contribution in [1.82, 2.24) is 14.4 Å². The van der Waals surface area contributed by atoms with E-state index in [2.05, 4.69) is 9.80 Å². The summed E-state index contributed by atoms with van der Waals surface area (Å²) in [7, 11) is 1.90. The maximum Gasteiger partial charge on any atom is 0.179 e. The molecule has 5 nitrogen and oxygen atoms in total. The minimum Gasteiger partial charge on any atom is -0.487 e. The Balaban J connectivity index is 1.33. The number of likely N-dealkylation sites (tertiary alicyclic amines) is 2. The number of ether oxygens (including phenoxy) is 1. The first-order valence-electron chi connectivity index (χ1n) is 12.6. The number of carbonyl (C=O) groups excluding carboxylic acids is 1. The van der Waals surface area contributed by atoms with Crippen LogP contribution in [0.15, 0.2) is 42.5 Å². The number of ketones is 1. The van der Waals surface area contributed by atoms with E-state index in [1.165, 1.54) is 44.5 Å². The van der Waals surface area contributed by atoms with Crippen LogP contribution in [-0.4, -0.2) is 58.9 Å². The molecule has 7 heteroatoms. The molecular weight excluding hydrogens is 465 g/mol. The van der Waals surface area contributed by atoms with Crippen LogP contribution in [0.25, 0.3) is 10.9 Å². The highest BCUT2D eigenvalue weighted by Crippen LogP contribution is 2.29. The van der Waals surface area contributed by atoms with Gasteiger partial charge in [-0.1, -0.05) is 18.0 Å². The number of halogens is 2. The van der Waals surface area contributed by atoms with E-state index in [1.807, 2.05) is 11.6 Å². The molecule has 0 saturated carbocycles. The molecule has 0 N–H and O–H groups in total. The van der Waals surface area contributed by atoms with Crippen molar-refractivity contribution in [1.29, 1.82) is 0 Å². The van der Waals surface area contributed by atoms with Gasteiger partial charge in [0.2, 0.25) is 0 Å². The molecule has 2 aliphatic rings. The topological polar surface area (TPSA) is 37.7 Å². The molecular formula is C28H33ClFN3O2. The van der Waals surface area contributed by atoms with Crippen molar-refractivity contribution in [3.05, 3.63) is 64.6 Å². The Morgan fingerprint density at radius 2 is 1.74 bits per heavy atom.